The Kier molecular flexibility index (Phi) is 5.50. The third kappa shape index (κ3) is 3.98. The van der Waals surface area contributed by atoms with Crippen LogP contribution in [0.4, 0.5) is 11.5 Å². The molecule has 1 aromatic carbocycles. The van der Waals surface area contributed by atoms with Gasteiger partial charge in [0.1, 0.15) is 11.8 Å². The Labute approximate surface area is 164 Å². The molecule has 0 radical (unpaired) electrons. The van der Waals surface area contributed by atoms with Crippen molar-refractivity contribution in [1.82, 2.24) is 19.9 Å². The number of amides is 1. The maximum atomic E-state index is 12.8. The predicted octanol–water partition coefficient (Wildman–Crippen LogP) is 3.55. The van der Waals surface area contributed by atoms with Crippen molar-refractivity contribution in [3.8, 4) is 0 Å². The maximum absolute atomic E-state index is 12.8. The van der Waals surface area contributed by atoms with Gasteiger partial charge in [-0.15, -0.1) is 0 Å². The molecule has 28 heavy (non-hydrogen) atoms. The van der Waals surface area contributed by atoms with Gasteiger partial charge in [0.05, 0.1) is 12.2 Å². The summed E-state index contributed by atoms with van der Waals surface area (Å²) in [7, 11) is 0. The Balaban J connectivity index is 1.41. The summed E-state index contributed by atoms with van der Waals surface area (Å²) in [5.41, 5.74) is 3.65. The van der Waals surface area contributed by atoms with Crippen molar-refractivity contribution in [2.45, 2.75) is 39.0 Å². The van der Waals surface area contributed by atoms with Crippen LogP contribution in [0.5, 0.6) is 0 Å². The fourth-order valence-corrected chi connectivity index (χ4v) is 3.76. The third-order valence-electron chi connectivity index (χ3n) is 5.34. The standard InChI is InChI=1S/C21H26N6O/c1-2-3-5-15-7-9-17(10-8-15)26-21(28)16-6-4-11-27(12-16)20-18-19(23-13-22-18)24-14-25-20/h7-10,13-14,16H,2-6,11-12H2,1H3,(H,26,28)(H,22,23,24,25). The van der Waals surface area contributed by atoms with Gasteiger partial charge in [0.2, 0.25) is 5.91 Å². The average molecular weight is 378 g/mol. The number of aryl methyl sites for hydroxylation is 1. The second-order valence-corrected chi connectivity index (χ2v) is 7.37. The first-order chi connectivity index (χ1) is 13.7. The molecule has 3 aromatic rings. The van der Waals surface area contributed by atoms with Crippen LogP contribution in [0.3, 0.4) is 0 Å². The lowest BCUT2D eigenvalue weighted by molar-refractivity contribution is -0.120. The summed E-state index contributed by atoms with van der Waals surface area (Å²) in [6, 6.07) is 8.21. The number of carbonyl (C=O) groups excluding carboxylic acids is 1. The number of fused-ring (bicyclic) bond motifs is 1. The van der Waals surface area contributed by atoms with E-state index in [1.165, 1.54) is 24.7 Å². The molecule has 1 unspecified atom stereocenters. The largest absolute Gasteiger partial charge is 0.354 e. The van der Waals surface area contributed by atoms with Crippen molar-refractivity contribution in [3.63, 3.8) is 0 Å². The summed E-state index contributed by atoms with van der Waals surface area (Å²) in [5.74, 6) is 0.822. The molecule has 0 aliphatic carbocycles. The second-order valence-electron chi connectivity index (χ2n) is 7.37. The fraction of sp³-hybridized carbons (Fsp3) is 0.429. The predicted molar refractivity (Wildman–Crippen MR) is 110 cm³/mol. The Hall–Kier alpha value is -2.96. The number of carbonyl (C=O) groups is 1. The first-order valence-corrected chi connectivity index (χ1v) is 10.0. The molecule has 1 aliphatic heterocycles. The Morgan fingerprint density at radius 1 is 1.25 bits per heavy atom. The number of nitrogens with zero attached hydrogens (tertiary/aromatic N) is 4. The maximum Gasteiger partial charge on any atom is 0.229 e. The number of aromatic amines is 1. The summed E-state index contributed by atoms with van der Waals surface area (Å²) in [6.45, 7) is 3.72. The van der Waals surface area contributed by atoms with Crippen LogP contribution in [0.2, 0.25) is 0 Å². The molecule has 1 fully saturated rings. The van der Waals surface area contributed by atoms with Gasteiger partial charge in [0.25, 0.3) is 0 Å². The number of aromatic nitrogens is 4. The molecule has 3 heterocycles. The highest BCUT2D eigenvalue weighted by molar-refractivity contribution is 5.93. The van der Waals surface area contributed by atoms with Gasteiger partial charge in [-0.2, -0.15) is 0 Å². The van der Waals surface area contributed by atoms with Gasteiger partial charge < -0.3 is 15.2 Å². The van der Waals surface area contributed by atoms with Crippen LogP contribution in [0.15, 0.2) is 36.9 Å². The second kappa shape index (κ2) is 8.37. The molecule has 2 N–H and O–H groups in total. The van der Waals surface area contributed by atoms with E-state index in [1.807, 2.05) is 12.1 Å². The molecule has 0 saturated carbocycles. The van der Waals surface area contributed by atoms with E-state index in [1.54, 1.807) is 6.33 Å². The van der Waals surface area contributed by atoms with Gasteiger partial charge >= 0.3 is 0 Å². The number of hydrogen-bond donors (Lipinski definition) is 2. The lowest BCUT2D eigenvalue weighted by Gasteiger charge is -2.32. The summed E-state index contributed by atoms with van der Waals surface area (Å²) in [6.07, 6.45) is 8.46. The fourth-order valence-electron chi connectivity index (χ4n) is 3.76. The van der Waals surface area contributed by atoms with Crippen LogP contribution in [-0.4, -0.2) is 38.9 Å². The molecule has 0 spiro atoms. The first kappa shape index (κ1) is 18.4. The highest BCUT2D eigenvalue weighted by atomic mass is 16.1. The SMILES string of the molecule is CCCCc1ccc(NC(=O)C2CCCN(c3ncnc4nc[nH]c34)C2)cc1. The molecule has 7 nitrogen and oxygen atoms in total. The monoisotopic (exact) mass is 378 g/mol. The molecular weight excluding hydrogens is 352 g/mol. The number of imidazole rings is 1. The average Bonchev–Trinajstić information content (AvgIpc) is 3.22. The third-order valence-corrected chi connectivity index (χ3v) is 5.34. The molecule has 0 bridgehead atoms. The zero-order chi connectivity index (χ0) is 19.3. The van der Waals surface area contributed by atoms with Crippen molar-refractivity contribution >= 4 is 28.6 Å². The molecule has 1 amide bonds. The number of benzene rings is 1. The molecule has 7 heteroatoms. The summed E-state index contributed by atoms with van der Waals surface area (Å²) >= 11 is 0. The molecule has 146 valence electrons. The summed E-state index contributed by atoms with van der Waals surface area (Å²) < 4.78 is 0. The van der Waals surface area contributed by atoms with Crippen molar-refractivity contribution in [3.05, 3.63) is 42.5 Å². The number of hydrogen-bond acceptors (Lipinski definition) is 5. The molecule has 2 aromatic heterocycles. The van der Waals surface area contributed by atoms with Crippen molar-refractivity contribution < 1.29 is 4.79 Å². The van der Waals surface area contributed by atoms with Gasteiger partial charge in [0, 0.05) is 18.8 Å². The zero-order valence-corrected chi connectivity index (χ0v) is 16.2. The van der Waals surface area contributed by atoms with E-state index in [0.29, 0.717) is 12.2 Å². The number of piperidine rings is 1. The summed E-state index contributed by atoms with van der Waals surface area (Å²) in [4.78, 5) is 30.9. The van der Waals surface area contributed by atoms with Crippen LogP contribution < -0.4 is 10.2 Å². The van der Waals surface area contributed by atoms with Gasteiger partial charge in [0.15, 0.2) is 11.5 Å². The first-order valence-electron chi connectivity index (χ1n) is 10.0. The van der Waals surface area contributed by atoms with Crippen molar-refractivity contribution in [1.29, 1.82) is 0 Å². The van der Waals surface area contributed by atoms with E-state index in [0.717, 1.165) is 42.8 Å². The van der Waals surface area contributed by atoms with Crippen molar-refractivity contribution in [2.75, 3.05) is 23.3 Å². The van der Waals surface area contributed by atoms with Crippen LogP contribution >= 0.6 is 0 Å². The van der Waals surface area contributed by atoms with Crippen molar-refractivity contribution in [2.24, 2.45) is 5.92 Å². The van der Waals surface area contributed by atoms with Crippen LogP contribution in [-0.2, 0) is 11.2 Å². The zero-order valence-electron chi connectivity index (χ0n) is 16.2. The summed E-state index contributed by atoms with van der Waals surface area (Å²) in [5, 5.41) is 3.08. The number of unbranched alkanes of at least 4 members (excludes halogenated alkanes) is 1. The highest BCUT2D eigenvalue weighted by Crippen LogP contribution is 2.26. The number of nitrogens with one attached hydrogen (secondary N) is 2. The molecule has 1 atom stereocenters. The number of H-pyrrole nitrogens is 1. The van der Waals surface area contributed by atoms with Crippen LogP contribution in [0.25, 0.3) is 11.2 Å². The van der Waals surface area contributed by atoms with Crippen LogP contribution in [0.1, 0.15) is 38.2 Å². The Morgan fingerprint density at radius 2 is 2.11 bits per heavy atom. The molecular formula is C21H26N6O. The van der Waals surface area contributed by atoms with Gasteiger partial charge in [-0.05, 0) is 43.4 Å². The van der Waals surface area contributed by atoms with E-state index in [4.69, 9.17) is 0 Å². The normalized spacial score (nSPS) is 17.0. The number of anilines is 2. The minimum absolute atomic E-state index is 0.0681. The molecule has 1 aliphatic rings. The smallest absolute Gasteiger partial charge is 0.229 e. The van der Waals surface area contributed by atoms with Gasteiger partial charge in [-0.3, -0.25) is 4.79 Å². The van der Waals surface area contributed by atoms with E-state index < -0.39 is 0 Å². The quantitative estimate of drug-likeness (QED) is 0.685. The number of rotatable bonds is 6. The Bertz CT molecular complexity index is 935. The lowest BCUT2D eigenvalue weighted by Crippen LogP contribution is -2.41. The lowest BCUT2D eigenvalue weighted by atomic mass is 9.97. The van der Waals surface area contributed by atoms with E-state index in [9.17, 15) is 4.79 Å². The van der Waals surface area contributed by atoms with E-state index in [2.05, 4.69) is 49.2 Å². The van der Waals surface area contributed by atoms with E-state index in [-0.39, 0.29) is 11.8 Å². The molecule has 4 rings (SSSR count). The van der Waals surface area contributed by atoms with Crippen LogP contribution in [0, 0.1) is 5.92 Å². The minimum atomic E-state index is -0.0681. The van der Waals surface area contributed by atoms with E-state index >= 15 is 0 Å². The topological polar surface area (TPSA) is 86.8 Å². The van der Waals surface area contributed by atoms with Gasteiger partial charge in [-0.1, -0.05) is 25.5 Å². The Morgan fingerprint density at radius 3 is 2.93 bits per heavy atom. The van der Waals surface area contributed by atoms with Gasteiger partial charge in [-0.25, -0.2) is 15.0 Å². The molecule has 1 saturated heterocycles. The minimum Gasteiger partial charge on any atom is -0.354 e. The highest BCUT2D eigenvalue weighted by Gasteiger charge is 2.28.